The normalized spacial score (nSPS) is 11.0. The average molecular weight is 330 g/mol. The zero-order chi connectivity index (χ0) is 18.6. The maximum atomic E-state index is 11.8. The molecule has 5 heteroatoms. The van der Waals surface area contributed by atoms with E-state index in [2.05, 4.69) is 9.80 Å². The van der Waals surface area contributed by atoms with Crippen molar-refractivity contribution in [3.05, 3.63) is 0 Å². The number of carbonyl (C=O) groups is 2. The van der Waals surface area contributed by atoms with E-state index in [-0.39, 0.29) is 23.5 Å². The van der Waals surface area contributed by atoms with Gasteiger partial charge in [0.1, 0.15) is 5.78 Å². The molecule has 0 aromatic carbocycles. The quantitative estimate of drug-likeness (QED) is 0.616. The van der Waals surface area contributed by atoms with Gasteiger partial charge in [0.05, 0.1) is 6.54 Å². The molecule has 0 atom stereocenters. The molecule has 0 radical (unpaired) electrons. The van der Waals surface area contributed by atoms with Crippen LogP contribution in [0.5, 0.6) is 0 Å². The molecule has 0 aliphatic carbocycles. The molecule has 138 valence electrons. The topological polar surface area (TPSA) is 43.9 Å². The van der Waals surface area contributed by atoms with Crippen LogP contribution in [-0.2, 0) is 9.59 Å². The van der Waals surface area contributed by atoms with Crippen LogP contribution in [0.25, 0.3) is 0 Å². The SMILES string of the molecule is CC.CC(C)C(=O)CN(C)CCN(C)CCN(C)C(=O)C(C)C. The number of Topliss-reactive ketones (excluding diaryl/α,β-unsaturated/α-hetero) is 1. The molecule has 0 rings (SSSR count). The summed E-state index contributed by atoms with van der Waals surface area (Å²) in [6.45, 7) is 15.6. The van der Waals surface area contributed by atoms with E-state index >= 15 is 0 Å². The lowest BCUT2D eigenvalue weighted by molar-refractivity contribution is -0.133. The highest BCUT2D eigenvalue weighted by Crippen LogP contribution is 1.99. The van der Waals surface area contributed by atoms with Crippen molar-refractivity contribution in [3.8, 4) is 0 Å². The monoisotopic (exact) mass is 329 g/mol. The van der Waals surface area contributed by atoms with Gasteiger partial charge in [-0.2, -0.15) is 0 Å². The van der Waals surface area contributed by atoms with E-state index in [4.69, 9.17) is 0 Å². The second-order valence-corrected chi connectivity index (χ2v) is 6.58. The molecule has 1 amide bonds. The molecular formula is C18H39N3O2. The fourth-order valence-electron chi connectivity index (χ4n) is 1.85. The largest absolute Gasteiger partial charge is 0.344 e. The fraction of sp³-hybridized carbons (Fsp3) is 0.889. The summed E-state index contributed by atoms with van der Waals surface area (Å²) in [5, 5.41) is 0. The zero-order valence-corrected chi connectivity index (χ0v) is 16.8. The van der Waals surface area contributed by atoms with Crippen LogP contribution in [-0.4, -0.2) is 80.3 Å². The van der Waals surface area contributed by atoms with Crippen molar-refractivity contribution in [2.75, 3.05) is 53.9 Å². The van der Waals surface area contributed by atoms with Crippen LogP contribution < -0.4 is 0 Å². The van der Waals surface area contributed by atoms with Crippen molar-refractivity contribution < 1.29 is 9.59 Å². The summed E-state index contributed by atoms with van der Waals surface area (Å²) in [7, 11) is 5.87. The molecule has 0 heterocycles. The minimum absolute atomic E-state index is 0.0495. The van der Waals surface area contributed by atoms with Crippen LogP contribution in [0, 0.1) is 11.8 Å². The van der Waals surface area contributed by atoms with Crippen LogP contribution >= 0.6 is 0 Å². The van der Waals surface area contributed by atoms with Crippen molar-refractivity contribution in [2.45, 2.75) is 41.5 Å². The summed E-state index contributed by atoms with van der Waals surface area (Å²) in [5.74, 6) is 0.611. The first-order valence-corrected chi connectivity index (χ1v) is 8.79. The molecule has 0 saturated carbocycles. The van der Waals surface area contributed by atoms with Crippen LogP contribution in [0.15, 0.2) is 0 Å². The van der Waals surface area contributed by atoms with Gasteiger partial charge >= 0.3 is 0 Å². The van der Waals surface area contributed by atoms with Crippen molar-refractivity contribution in [3.63, 3.8) is 0 Å². The predicted octanol–water partition coefficient (Wildman–Crippen LogP) is 2.22. The van der Waals surface area contributed by atoms with Crippen molar-refractivity contribution >= 4 is 11.7 Å². The van der Waals surface area contributed by atoms with E-state index in [0.29, 0.717) is 6.54 Å². The molecule has 0 aromatic rings. The lowest BCUT2D eigenvalue weighted by Crippen LogP contribution is -2.40. The Bertz CT molecular complexity index is 330. The van der Waals surface area contributed by atoms with E-state index in [9.17, 15) is 9.59 Å². The van der Waals surface area contributed by atoms with Crippen LogP contribution in [0.2, 0.25) is 0 Å². The Labute approximate surface area is 144 Å². The van der Waals surface area contributed by atoms with Gasteiger partial charge in [0.25, 0.3) is 0 Å². The van der Waals surface area contributed by atoms with E-state index in [0.717, 1.165) is 26.2 Å². The van der Waals surface area contributed by atoms with E-state index in [1.54, 1.807) is 4.90 Å². The molecule has 0 spiro atoms. The van der Waals surface area contributed by atoms with Crippen LogP contribution in [0.1, 0.15) is 41.5 Å². The molecule has 0 aliphatic heterocycles. The fourth-order valence-corrected chi connectivity index (χ4v) is 1.85. The Morgan fingerprint density at radius 2 is 1.17 bits per heavy atom. The summed E-state index contributed by atoms with van der Waals surface area (Å²) < 4.78 is 0. The maximum absolute atomic E-state index is 11.8. The number of amides is 1. The van der Waals surface area contributed by atoms with Gasteiger partial charge in [-0.1, -0.05) is 41.5 Å². The Balaban J connectivity index is 0. The predicted molar refractivity (Wildman–Crippen MR) is 98.7 cm³/mol. The standard InChI is InChI=1S/C16H33N3O2.C2H6/c1-13(2)15(20)12-18(6)9-8-17(5)10-11-19(7)16(21)14(3)4;1-2/h13-14H,8-12H2,1-7H3;1-2H3. The minimum Gasteiger partial charge on any atom is -0.344 e. The van der Waals surface area contributed by atoms with Gasteiger partial charge < -0.3 is 9.80 Å². The average Bonchev–Trinajstić information content (AvgIpc) is 2.51. The Kier molecular flexibility index (Phi) is 14.3. The van der Waals surface area contributed by atoms with E-state index in [1.807, 2.05) is 62.7 Å². The Morgan fingerprint density at radius 3 is 1.61 bits per heavy atom. The highest BCUT2D eigenvalue weighted by molar-refractivity contribution is 5.82. The first-order chi connectivity index (χ1) is 10.6. The molecule has 0 unspecified atom stereocenters. The molecule has 23 heavy (non-hydrogen) atoms. The van der Waals surface area contributed by atoms with Crippen molar-refractivity contribution in [1.29, 1.82) is 0 Å². The summed E-state index contributed by atoms with van der Waals surface area (Å²) in [5.41, 5.74) is 0. The summed E-state index contributed by atoms with van der Waals surface area (Å²) in [4.78, 5) is 29.5. The molecule has 0 aromatic heterocycles. The molecular weight excluding hydrogens is 290 g/mol. The first kappa shape index (κ1) is 24.3. The number of carbonyl (C=O) groups excluding carboxylic acids is 2. The molecule has 0 saturated heterocycles. The van der Waals surface area contributed by atoms with Gasteiger partial charge in [-0.25, -0.2) is 0 Å². The number of hydrogen-bond acceptors (Lipinski definition) is 4. The molecule has 0 aliphatic rings. The minimum atomic E-state index is 0.0495. The smallest absolute Gasteiger partial charge is 0.224 e. The third-order valence-electron chi connectivity index (χ3n) is 3.62. The van der Waals surface area contributed by atoms with Gasteiger partial charge in [0.2, 0.25) is 5.91 Å². The Morgan fingerprint density at radius 1 is 0.739 bits per heavy atom. The zero-order valence-electron chi connectivity index (χ0n) is 16.8. The number of nitrogens with zero attached hydrogens (tertiary/aromatic N) is 3. The lowest BCUT2D eigenvalue weighted by Gasteiger charge is -2.25. The van der Waals surface area contributed by atoms with Gasteiger partial charge in [-0.3, -0.25) is 14.5 Å². The maximum Gasteiger partial charge on any atom is 0.224 e. The second-order valence-electron chi connectivity index (χ2n) is 6.58. The van der Waals surface area contributed by atoms with Gasteiger partial charge in [0.15, 0.2) is 0 Å². The molecule has 0 fully saturated rings. The third kappa shape index (κ3) is 12.2. The summed E-state index contributed by atoms with van der Waals surface area (Å²) in [6.07, 6.45) is 0. The van der Waals surface area contributed by atoms with Crippen LogP contribution in [0.3, 0.4) is 0 Å². The van der Waals surface area contributed by atoms with Gasteiger partial charge in [-0.15, -0.1) is 0 Å². The van der Waals surface area contributed by atoms with Crippen molar-refractivity contribution in [1.82, 2.24) is 14.7 Å². The third-order valence-corrected chi connectivity index (χ3v) is 3.62. The number of ketones is 1. The number of likely N-dealkylation sites (N-methyl/N-ethyl adjacent to an activating group) is 3. The molecule has 0 bridgehead atoms. The van der Waals surface area contributed by atoms with Crippen molar-refractivity contribution in [2.24, 2.45) is 11.8 Å². The Hall–Kier alpha value is -0.940. The van der Waals surface area contributed by atoms with E-state index in [1.165, 1.54) is 0 Å². The summed E-state index contributed by atoms with van der Waals surface area (Å²) in [6, 6.07) is 0. The molecule has 0 N–H and O–H groups in total. The highest BCUT2D eigenvalue weighted by atomic mass is 16.2. The highest BCUT2D eigenvalue weighted by Gasteiger charge is 2.14. The van der Waals surface area contributed by atoms with Gasteiger partial charge in [0, 0.05) is 45.1 Å². The van der Waals surface area contributed by atoms with Gasteiger partial charge in [-0.05, 0) is 14.1 Å². The number of rotatable bonds is 10. The van der Waals surface area contributed by atoms with E-state index < -0.39 is 0 Å². The van der Waals surface area contributed by atoms with Crippen LogP contribution in [0.4, 0.5) is 0 Å². The summed E-state index contributed by atoms with van der Waals surface area (Å²) >= 11 is 0. The lowest BCUT2D eigenvalue weighted by atomic mass is 10.1. The molecule has 5 nitrogen and oxygen atoms in total. The number of hydrogen-bond donors (Lipinski definition) is 0. The second kappa shape index (κ2) is 13.5. The first-order valence-electron chi connectivity index (χ1n) is 8.79.